The molecule has 1 atom stereocenters. The van der Waals surface area contributed by atoms with Gasteiger partial charge < -0.3 is 0 Å². The molecule has 1 aliphatic heterocycles. The molecule has 1 unspecified atom stereocenters. The molecule has 0 aliphatic carbocycles. The normalized spacial score (nSPS) is 19.8. The van der Waals surface area contributed by atoms with Crippen LogP contribution in [0, 0.1) is 5.92 Å². The molecule has 3 nitrogen and oxygen atoms in total. The van der Waals surface area contributed by atoms with Crippen LogP contribution < -0.4 is 0 Å². The van der Waals surface area contributed by atoms with Crippen LogP contribution in [0.15, 0.2) is 29.2 Å². The van der Waals surface area contributed by atoms with Crippen LogP contribution in [0.1, 0.15) is 24.2 Å². The van der Waals surface area contributed by atoms with Crippen molar-refractivity contribution in [2.24, 2.45) is 5.92 Å². The van der Waals surface area contributed by atoms with Gasteiger partial charge in [0.15, 0.2) is 11.0 Å². The van der Waals surface area contributed by atoms with Gasteiger partial charge in [-0.15, -0.1) is 0 Å². The van der Waals surface area contributed by atoms with Crippen LogP contribution in [0.5, 0.6) is 0 Å². The maximum atomic E-state index is 12.0. The third kappa shape index (κ3) is 1.69. The van der Waals surface area contributed by atoms with Crippen LogP contribution in [0.4, 0.5) is 0 Å². The second-order valence-corrected chi connectivity index (χ2v) is 5.38. The third-order valence-corrected chi connectivity index (χ3v) is 3.71. The van der Waals surface area contributed by atoms with Crippen molar-refractivity contribution in [2.45, 2.75) is 18.7 Å². The van der Waals surface area contributed by atoms with Gasteiger partial charge in [-0.3, -0.25) is 9.10 Å². The monoisotopic (exact) mass is 223 g/mol. The van der Waals surface area contributed by atoms with Crippen molar-refractivity contribution in [2.75, 3.05) is 6.54 Å². The van der Waals surface area contributed by atoms with E-state index in [1.165, 1.54) is 4.31 Å². The Balaban J connectivity index is 2.37. The first-order valence-corrected chi connectivity index (χ1v) is 6.04. The molecule has 15 heavy (non-hydrogen) atoms. The molecule has 4 heteroatoms. The second-order valence-electron chi connectivity index (χ2n) is 4.01. The van der Waals surface area contributed by atoms with Crippen LogP contribution in [0.2, 0.25) is 0 Å². The lowest BCUT2D eigenvalue weighted by atomic mass is 10.2. The molecule has 0 saturated carbocycles. The van der Waals surface area contributed by atoms with Gasteiger partial charge >= 0.3 is 0 Å². The smallest absolute Gasteiger partial charge is 0.267 e. The first kappa shape index (κ1) is 10.4. The average Bonchev–Trinajstić information content (AvgIpc) is 2.44. The van der Waals surface area contributed by atoms with Crippen molar-refractivity contribution in [1.82, 2.24) is 4.31 Å². The fourth-order valence-electron chi connectivity index (χ4n) is 1.61. The molecule has 1 aromatic carbocycles. The quantitative estimate of drug-likeness (QED) is 0.767. The topological polar surface area (TPSA) is 37.4 Å². The summed E-state index contributed by atoms with van der Waals surface area (Å²) in [6.07, 6.45) is 0. The molecule has 0 saturated heterocycles. The summed E-state index contributed by atoms with van der Waals surface area (Å²) >= 11 is 0. The molecule has 1 aromatic rings. The highest BCUT2D eigenvalue weighted by molar-refractivity contribution is 7.84. The molecule has 2 rings (SSSR count). The van der Waals surface area contributed by atoms with Crippen LogP contribution >= 0.6 is 0 Å². The highest BCUT2D eigenvalue weighted by Crippen LogP contribution is 2.27. The van der Waals surface area contributed by atoms with Crippen molar-refractivity contribution in [1.29, 1.82) is 0 Å². The summed E-state index contributed by atoms with van der Waals surface area (Å²) in [6.45, 7) is 4.56. The zero-order chi connectivity index (χ0) is 11.0. The standard InChI is InChI=1S/C11H13NO2S/c1-8(2)7-12-11(13)9-5-3-4-6-10(9)15(12)14/h3-6,8H,7H2,1-2H3. The van der Waals surface area contributed by atoms with Gasteiger partial charge in [0.05, 0.1) is 10.5 Å². The van der Waals surface area contributed by atoms with Gasteiger partial charge in [0.25, 0.3) is 5.91 Å². The molecule has 1 amide bonds. The van der Waals surface area contributed by atoms with Gasteiger partial charge in [-0.2, -0.15) is 0 Å². The third-order valence-electron chi connectivity index (χ3n) is 2.26. The van der Waals surface area contributed by atoms with E-state index in [0.717, 1.165) is 0 Å². The van der Waals surface area contributed by atoms with E-state index in [9.17, 15) is 9.00 Å². The summed E-state index contributed by atoms with van der Waals surface area (Å²) in [6, 6.07) is 7.09. The number of fused-ring (bicyclic) bond motifs is 1. The number of nitrogens with zero attached hydrogens (tertiary/aromatic N) is 1. The van der Waals surface area contributed by atoms with Crippen LogP contribution in [0.3, 0.4) is 0 Å². The number of hydrogen-bond donors (Lipinski definition) is 0. The Labute approximate surface area is 91.7 Å². The van der Waals surface area contributed by atoms with E-state index >= 15 is 0 Å². The lowest BCUT2D eigenvalue weighted by molar-refractivity contribution is 0.0865. The summed E-state index contributed by atoms with van der Waals surface area (Å²) in [5.41, 5.74) is 0.580. The summed E-state index contributed by atoms with van der Waals surface area (Å²) in [5.74, 6) is 0.213. The van der Waals surface area contributed by atoms with Crippen LogP contribution in [-0.2, 0) is 11.0 Å². The van der Waals surface area contributed by atoms with Gasteiger partial charge in [-0.05, 0) is 18.1 Å². The molecule has 0 N–H and O–H groups in total. The first-order chi connectivity index (χ1) is 7.11. The van der Waals surface area contributed by atoms with E-state index in [1.807, 2.05) is 19.9 Å². The summed E-state index contributed by atoms with van der Waals surface area (Å²) in [4.78, 5) is 12.5. The van der Waals surface area contributed by atoms with Crippen LogP contribution in [0.25, 0.3) is 0 Å². The highest BCUT2D eigenvalue weighted by atomic mass is 32.2. The zero-order valence-corrected chi connectivity index (χ0v) is 9.58. The Morgan fingerprint density at radius 3 is 2.60 bits per heavy atom. The predicted octanol–water partition coefficient (Wildman–Crippen LogP) is 1.82. The molecular weight excluding hydrogens is 210 g/mol. The zero-order valence-electron chi connectivity index (χ0n) is 8.77. The Kier molecular flexibility index (Phi) is 2.61. The number of hydrogen-bond acceptors (Lipinski definition) is 2. The number of rotatable bonds is 2. The Morgan fingerprint density at radius 2 is 2.00 bits per heavy atom. The lowest BCUT2D eigenvalue weighted by Gasteiger charge is -2.15. The largest absolute Gasteiger partial charge is 0.268 e. The molecule has 80 valence electrons. The minimum atomic E-state index is -1.30. The Bertz CT molecular complexity index is 393. The summed E-state index contributed by atoms with van der Waals surface area (Å²) in [7, 11) is -1.30. The highest BCUT2D eigenvalue weighted by Gasteiger charge is 2.34. The number of benzene rings is 1. The summed E-state index contributed by atoms with van der Waals surface area (Å²) in [5, 5.41) is 0. The van der Waals surface area contributed by atoms with E-state index in [2.05, 4.69) is 0 Å². The molecule has 0 bridgehead atoms. The molecule has 1 heterocycles. The van der Waals surface area contributed by atoms with Gasteiger partial charge in [0, 0.05) is 6.54 Å². The minimum absolute atomic E-state index is 0.113. The fraction of sp³-hybridized carbons (Fsp3) is 0.364. The van der Waals surface area contributed by atoms with E-state index < -0.39 is 11.0 Å². The van der Waals surface area contributed by atoms with Crippen molar-refractivity contribution in [3.63, 3.8) is 0 Å². The van der Waals surface area contributed by atoms with E-state index in [-0.39, 0.29) is 5.91 Å². The fourth-order valence-corrected chi connectivity index (χ4v) is 3.06. The van der Waals surface area contributed by atoms with Crippen molar-refractivity contribution in [3.8, 4) is 0 Å². The van der Waals surface area contributed by atoms with Crippen molar-refractivity contribution in [3.05, 3.63) is 29.8 Å². The SMILES string of the molecule is CC(C)CN1C(=O)c2ccccc2S1=O. The summed E-state index contributed by atoms with van der Waals surface area (Å²) < 4.78 is 13.4. The lowest BCUT2D eigenvalue weighted by Crippen LogP contribution is -2.29. The molecule has 0 radical (unpaired) electrons. The molecular formula is C11H13NO2S. The minimum Gasteiger partial charge on any atom is -0.268 e. The van der Waals surface area contributed by atoms with E-state index in [4.69, 9.17) is 0 Å². The van der Waals surface area contributed by atoms with Gasteiger partial charge in [-0.25, -0.2) is 4.21 Å². The van der Waals surface area contributed by atoms with E-state index in [1.54, 1.807) is 18.2 Å². The predicted molar refractivity (Wildman–Crippen MR) is 58.7 cm³/mol. The second kappa shape index (κ2) is 3.77. The van der Waals surface area contributed by atoms with Crippen molar-refractivity contribution < 1.29 is 9.00 Å². The molecule has 1 aliphatic rings. The average molecular weight is 223 g/mol. The maximum Gasteiger partial charge on any atom is 0.267 e. The van der Waals surface area contributed by atoms with Crippen molar-refractivity contribution >= 4 is 16.9 Å². The van der Waals surface area contributed by atoms with Crippen LogP contribution in [-0.4, -0.2) is 21.0 Å². The van der Waals surface area contributed by atoms with Gasteiger partial charge in [-0.1, -0.05) is 26.0 Å². The number of amides is 1. The number of carbonyl (C=O) groups is 1. The molecule has 0 spiro atoms. The number of carbonyl (C=O) groups excluding carboxylic acids is 1. The Hall–Kier alpha value is -1.16. The van der Waals surface area contributed by atoms with E-state index in [0.29, 0.717) is 22.9 Å². The molecule has 0 fully saturated rings. The maximum absolute atomic E-state index is 12.0. The van der Waals surface area contributed by atoms with Gasteiger partial charge in [0.1, 0.15) is 0 Å². The first-order valence-electron chi connectivity index (χ1n) is 4.94. The van der Waals surface area contributed by atoms with Gasteiger partial charge in [0.2, 0.25) is 0 Å². The Morgan fingerprint density at radius 1 is 1.33 bits per heavy atom. The molecule has 0 aromatic heterocycles.